The lowest BCUT2D eigenvalue weighted by atomic mass is 9.93. The highest BCUT2D eigenvalue weighted by Crippen LogP contribution is 2.46. The van der Waals surface area contributed by atoms with Crippen molar-refractivity contribution in [2.75, 3.05) is 40.5 Å². The second-order valence-electron chi connectivity index (χ2n) is 9.53. The molecule has 0 bridgehead atoms. The van der Waals surface area contributed by atoms with Gasteiger partial charge in [0.05, 0.1) is 50.5 Å². The van der Waals surface area contributed by atoms with Gasteiger partial charge in [0.2, 0.25) is 5.91 Å². The molecule has 10 nitrogen and oxygen atoms in total. The molecule has 0 aromatic heterocycles. The van der Waals surface area contributed by atoms with E-state index in [9.17, 15) is 14.4 Å². The molecular formula is C29H35N3O7S. The van der Waals surface area contributed by atoms with Crippen LogP contribution in [0, 0.1) is 5.92 Å². The number of amidine groups is 1. The van der Waals surface area contributed by atoms with Crippen LogP contribution in [0.2, 0.25) is 0 Å². The van der Waals surface area contributed by atoms with Gasteiger partial charge in [-0.3, -0.25) is 9.59 Å². The van der Waals surface area contributed by atoms with Crippen molar-refractivity contribution in [3.63, 3.8) is 0 Å². The third-order valence-corrected chi connectivity index (χ3v) is 7.86. The summed E-state index contributed by atoms with van der Waals surface area (Å²) in [7, 11) is 3.12. The van der Waals surface area contributed by atoms with Crippen LogP contribution in [0.4, 0.5) is 0 Å². The summed E-state index contributed by atoms with van der Waals surface area (Å²) in [6.07, 6.45) is 3.01. The van der Waals surface area contributed by atoms with Gasteiger partial charge >= 0.3 is 11.9 Å². The average molecular weight is 570 g/mol. The first kappa shape index (κ1) is 29.3. The van der Waals surface area contributed by atoms with Crippen LogP contribution in [0.5, 0.6) is 11.5 Å². The van der Waals surface area contributed by atoms with Crippen LogP contribution >= 0.6 is 11.8 Å². The second-order valence-corrected chi connectivity index (χ2v) is 10.4. The first-order valence-corrected chi connectivity index (χ1v) is 14.1. The summed E-state index contributed by atoms with van der Waals surface area (Å²) < 4.78 is 21.7. The monoisotopic (exact) mass is 569 g/mol. The zero-order chi connectivity index (χ0) is 28.8. The number of hydrogen-bond donors (Lipinski definition) is 0. The zero-order valence-electron chi connectivity index (χ0n) is 23.3. The number of carbonyl (C=O) groups is 3. The molecule has 1 saturated heterocycles. The van der Waals surface area contributed by atoms with E-state index in [4.69, 9.17) is 23.9 Å². The Morgan fingerprint density at radius 2 is 1.88 bits per heavy atom. The topological polar surface area (TPSA) is 107 Å². The molecule has 0 N–H and O–H groups in total. The summed E-state index contributed by atoms with van der Waals surface area (Å²) >= 11 is 1.39. The van der Waals surface area contributed by atoms with Crippen molar-refractivity contribution in [3.8, 4) is 11.5 Å². The van der Waals surface area contributed by atoms with Crippen molar-refractivity contribution >= 4 is 34.8 Å². The van der Waals surface area contributed by atoms with Crippen LogP contribution < -0.4 is 9.47 Å². The van der Waals surface area contributed by atoms with Crippen molar-refractivity contribution in [1.82, 2.24) is 9.80 Å². The molecule has 0 saturated carbocycles. The number of piperidine rings is 1. The molecule has 3 aliphatic heterocycles. The van der Waals surface area contributed by atoms with Gasteiger partial charge in [0, 0.05) is 24.9 Å². The van der Waals surface area contributed by atoms with Crippen molar-refractivity contribution in [3.05, 3.63) is 58.8 Å². The number of ether oxygens (including phenoxy) is 4. The minimum atomic E-state index is -0.642. The van der Waals surface area contributed by atoms with E-state index in [0.29, 0.717) is 59.8 Å². The lowest BCUT2D eigenvalue weighted by Crippen LogP contribution is -2.44. The molecule has 1 amide bonds. The van der Waals surface area contributed by atoms with Crippen molar-refractivity contribution in [2.24, 2.45) is 10.9 Å². The highest BCUT2D eigenvalue weighted by Gasteiger charge is 2.42. The summed E-state index contributed by atoms with van der Waals surface area (Å²) in [6.45, 7) is 8.45. The molecule has 11 heteroatoms. The lowest BCUT2D eigenvalue weighted by molar-refractivity contribution is -0.151. The Morgan fingerprint density at radius 3 is 2.52 bits per heavy atom. The number of rotatable bonds is 10. The van der Waals surface area contributed by atoms with E-state index in [2.05, 4.69) is 6.58 Å². The zero-order valence-corrected chi connectivity index (χ0v) is 24.1. The molecule has 0 spiro atoms. The van der Waals surface area contributed by atoms with E-state index in [1.165, 1.54) is 17.8 Å². The summed E-state index contributed by atoms with van der Waals surface area (Å²) in [6, 6.07) is 4.78. The fourth-order valence-corrected chi connectivity index (χ4v) is 6.03. The van der Waals surface area contributed by atoms with E-state index >= 15 is 0 Å². The third kappa shape index (κ3) is 6.19. The molecule has 2 atom stereocenters. The van der Waals surface area contributed by atoms with Gasteiger partial charge in [-0.1, -0.05) is 24.4 Å². The first-order chi connectivity index (χ1) is 19.3. The number of esters is 2. The third-order valence-electron chi connectivity index (χ3n) is 6.97. The number of benzene rings is 1. The van der Waals surface area contributed by atoms with E-state index < -0.39 is 12.0 Å². The standard InChI is InChI=1S/C29H35N3O7S/c1-6-11-39-28(35)25-18(3)30-29-32(26(25)20-12-22(36-4)15-23(13-20)37-5)21(17-40-29)14-24(33)31-10-8-9-19(16-31)27(34)38-7-2/h6,12-13,15,17,19,26H,1,7-11,14,16H2,2-5H3/t19-,26+/m0/s1. The van der Waals surface area contributed by atoms with Gasteiger partial charge in [-0.15, -0.1) is 0 Å². The lowest BCUT2D eigenvalue weighted by Gasteiger charge is -2.37. The largest absolute Gasteiger partial charge is 0.497 e. The molecule has 1 aromatic carbocycles. The van der Waals surface area contributed by atoms with Crippen LogP contribution in [-0.4, -0.2) is 73.3 Å². The quantitative estimate of drug-likeness (QED) is 0.303. The number of hydrogen-bond acceptors (Lipinski definition) is 10. The van der Waals surface area contributed by atoms with Gasteiger partial charge < -0.3 is 28.7 Å². The molecule has 0 unspecified atom stereocenters. The van der Waals surface area contributed by atoms with Gasteiger partial charge in [-0.25, -0.2) is 9.79 Å². The number of fused-ring (bicyclic) bond motifs is 1. The van der Waals surface area contributed by atoms with Crippen LogP contribution in [0.15, 0.2) is 58.2 Å². The normalized spacial score (nSPS) is 20.3. The molecule has 3 aliphatic rings. The molecule has 3 heterocycles. The Balaban J connectivity index is 1.67. The molecule has 1 aromatic rings. The Morgan fingerprint density at radius 1 is 1.15 bits per heavy atom. The average Bonchev–Trinajstić information content (AvgIpc) is 3.36. The van der Waals surface area contributed by atoms with Gasteiger partial charge in [-0.05, 0) is 49.8 Å². The fraction of sp³-hybridized carbons (Fsp3) is 0.448. The van der Waals surface area contributed by atoms with E-state index in [-0.39, 0.29) is 30.8 Å². The number of thioether (sulfide) groups is 1. The van der Waals surface area contributed by atoms with Crippen molar-refractivity contribution < 1.29 is 33.3 Å². The maximum absolute atomic E-state index is 13.5. The number of nitrogens with zero attached hydrogens (tertiary/aromatic N) is 3. The number of allylic oxidation sites excluding steroid dienone is 1. The van der Waals surface area contributed by atoms with E-state index in [1.807, 2.05) is 22.4 Å². The minimum Gasteiger partial charge on any atom is -0.497 e. The highest BCUT2D eigenvalue weighted by atomic mass is 32.2. The van der Waals surface area contributed by atoms with Crippen LogP contribution in [-0.2, 0) is 23.9 Å². The molecule has 1 fully saturated rings. The SMILES string of the molecule is C=CCOC(=O)C1=C(C)N=C2SC=C(CC(=O)N3CCC[C@H](C(=O)OCC)C3)N2[C@@H]1c1cc(OC)cc(OC)c1. The van der Waals surface area contributed by atoms with Crippen molar-refractivity contribution in [2.45, 2.75) is 39.2 Å². The van der Waals surface area contributed by atoms with Gasteiger partial charge in [0.15, 0.2) is 5.17 Å². The van der Waals surface area contributed by atoms with Crippen LogP contribution in [0.25, 0.3) is 0 Å². The molecule has 0 aliphatic carbocycles. The second kappa shape index (κ2) is 13.1. The number of carbonyl (C=O) groups excluding carboxylic acids is 3. The molecule has 4 rings (SSSR count). The fourth-order valence-electron chi connectivity index (χ4n) is 5.07. The summed E-state index contributed by atoms with van der Waals surface area (Å²) in [4.78, 5) is 47.5. The van der Waals surface area contributed by atoms with Crippen LogP contribution in [0.3, 0.4) is 0 Å². The smallest absolute Gasteiger partial charge is 0.338 e. The van der Waals surface area contributed by atoms with E-state index in [0.717, 1.165) is 12.0 Å². The summed E-state index contributed by atoms with van der Waals surface area (Å²) in [5.74, 6) is -0.112. The van der Waals surface area contributed by atoms with E-state index in [1.54, 1.807) is 39.0 Å². The predicted molar refractivity (Wildman–Crippen MR) is 152 cm³/mol. The Hall–Kier alpha value is -3.73. The number of likely N-dealkylation sites (tertiary alicyclic amines) is 1. The number of aliphatic imine (C=N–C) groups is 1. The number of methoxy groups -OCH3 is 2. The number of amides is 1. The maximum Gasteiger partial charge on any atom is 0.338 e. The van der Waals surface area contributed by atoms with Crippen molar-refractivity contribution in [1.29, 1.82) is 0 Å². The molecule has 214 valence electrons. The van der Waals surface area contributed by atoms with Crippen LogP contribution in [0.1, 0.15) is 44.7 Å². The van der Waals surface area contributed by atoms with Gasteiger partial charge in [0.25, 0.3) is 0 Å². The highest BCUT2D eigenvalue weighted by molar-refractivity contribution is 8.16. The van der Waals surface area contributed by atoms with Gasteiger partial charge in [-0.2, -0.15) is 0 Å². The maximum atomic E-state index is 13.5. The first-order valence-electron chi connectivity index (χ1n) is 13.2. The summed E-state index contributed by atoms with van der Waals surface area (Å²) in [5, 5.41) is 2.54. The molecule has 40 heavy (non-hydrogen) atoms. The molecule has 0 radical (unpaired) electrons. The Labute approximate surface area is 238 Å². The Kier molecular flexibility index (Phi) is 9.57. The predicted octanol–water partition coefficient (Wildman–Crippen LogP) is 4.20. The Bertz CT molecular complexity index is 1250. The molecular weight excluding hydrogens is 534 g/mol. The minimum absolute atomic E-state index is 0.0485. The summed E-state index contributed by atoms with van der Waals surface area (Å²) in [5.41, 5.74) is 2.28. The van der Waals surface area contributed by atoms with Gasteiger partial charge in [0.1, 0.15) is 18.1 Å².